The summed E-state index contributed by atoms with van der Waals surface area (Å²) in [6.07, 6.45) is 3.47. The molecular formula is C18H30IN5O3S. The first kappa shape index (κ1) is 23.2. The number of hydrogen-bond acceptors (Lipinski definition) is 4. The van der Waals surface area contributed by atoms with E-state index in [1.165, 1.54) is 4.31 Å². The van der Waals surface area contributed by atoms with E-state index in [0.29, 0.717) is 25.7 Å². The quantitative estimate of drug-likeness (QED) is 0.348. The van der Waals surface area contributed by atoms with Crippen LogP contribution >= 0.6 is 24.0 Å². The lowest BCUT2D eigenvalue weighted by molar-refractivity contribution is 0.244. The zero-order valence-corrected chi connectivity index (χ0v) is 19.5. The van der Waals surface area contributed by atoms with Gasteiger partial charge in [-0.05, 0) is 18.9 Å². The standard InChI is InChI=1S/C18H29N5O3S.HI/c1-22(2)27(24,25)23-11-6-5-7-14(23)13-20-18(19)21-16-10-12-26-17-9-4-3-8-15(16)17;/h3-4,8-9,14,16H,5-7,10-13H2,1-2H3,(H3,19,20,21);1H. The smallest absolute Gasteiger partial charge is 0.281 e. The molecule has 28 heavy (non-hydrogen) atoms. The molecule has 0 radical (unpaired) electrons. The highest BCUT2D eigenvalue weighted by Crippen LogP contribution is 2.31. The average Bonchev–Trinajstić information content (AvgIpc) is 2.67. The summed E-state index contributed by atoms with van der Waals surface area (Å²) in [5.74, 6) is 1.20. The fraction of sp³-hybridized carbons (Fsp3) is 0.611. The van der Waals surface area contributed by atoms with Crippen LogP contribution in [0.15, 0.2) is 29.3 Å². The molecule has 0 aromatic heterocycles. The molecule has 2 aliphatic heterocycles. The van der Waals surface area contributed by atoms with Crippen LogP contribution in [0, 0.1) is 0 Å². The second-order valence-electron chi connectivity index (χ2n) is 7.15. The SMILES string of the molecule is CN(C)S(=O)(=O)N1CCCCC1CN=C(N)NC1CCOc2ccccc21.I. The summed E-state index contributed by atoms with van der Waals surface area (Å²) in [5, 5.41) is 3.26. The number of rotatable bonds is 5. The molecular weight excluding hydrogens is 493 g/mol. The summed E-state index contributed by atoms with van der Waals surface area (Å²) in [7, 11) is -0.328. The van der Waals surface area contributed by atoms with Crippen LogP contribution in [0.5, 0.6) is 5.75 Å². The number of hydrogen-bond donors (Lipinski definition) is 2. The van der Waals surface area contributed by atoms with Gasteiger partial charge in [-0.1, -0.05) is 24.6 Å². The third-order valence-corrected chi connectivity index (χ3v) is 7.08. The van der Waals surface area contributed by atoms with Gasteiger partial charge in [0.05, 0.1) is 19.2 Å². The Morgan fingerprint density at radius 1 is 1.32 bits per heavy atom. The molecule has 0 bridgehead atoms. The van der Waals surface area contributed by atoms with Gasteiger partial charge in [0.25, 0.3) is 10.2 Å². The zero-order chi connectivity index (χ0) is 19.4. The van der Waals surface area contributed by atoms with E-state index in [9.17, 15) is 8.42 Å². The number of fused-ring (bicyclic) bond motifs is 1. The highest BCUT2D eigenvalue weighted by molar-refractivity contribution is 14.0. The number of guanidine groups is 1. The molecule has 2 unspecified atom stereocenters. The van der Waals surface area contributed by atoms with Crippen molar-refractivity contribution in [2.24, 2.45) is 10.7 Å². The number of benzene rings is 1. The molecule has 0 aliphatic carbocycles. The second kappa shape index (κ2) is 10.1. The normalized spacial score (nSPS) is 23.5. The van der Waals surface area contributed by atoms with Crippen molar-refractivity contribution < 1.29 is 13.2 Å². The number of nitrogens with one attached hydrogen (secondary N) is 1. The van der Waals surface area contributed by atoms with Crippen molar-refractivity contribution >= 4 is 40.1 Å². The fourth-order valence-electron chi connectivity index (χ4n) is 3.59. The Labute approximate surface area is 184 Å². The van der Waals surface area contributed by atoms with Gasteiger partial charge in [0.15, 0.2) is 5.96 Å². The molecule has 0 spiro atoms. The van der Waals surface area contributed by atoms with Gasteiger partial charge >= 0.3 is 0 Å². The first-order valence-corrected chi connectivity index (χ1v) is 10.8. The lowest BCUT2D eigenvalue weighted by atomic mass is 10.0. The van der Waals surface area contributed by atoms with Crippen LogP contribution in [-0.2, 0) is 10.2 Å². The molecule has 8 nitrogen and oxygen atoms in total. The van der Waals surface area contributed by atoms with E-state index < -0.39 is 10.2 Å². The molecule has 2 heterocycles. The molecule has 0 amide bonds. The molecule has 3 rings (SSSR count). The van der Waals surface area contributed by atoms with Crippen molar-refractivity contribution in [1.82, 2.24) is 13.9 Å². The molecule has 1 fully saturated rings. The van der Waals surface area contributed by atoms with E-state index >= 15 is 0 Å². The van der Waals surface area contributed by atoms with Crippen molar-refractivity contribution in [2.45, 2.75) is 37.8 Å². The highest BCUT2D eigenvalue weighted by Gasteiger charge is 2.33. The van der Waals surface area contributed by atoms with E-state index in [2.05, 4.69) is 10.3 Å². The van der Waals surface area contributed by atoms with Crippen molar-refractivity contribution in [3.8, 4) is 5.75 Å². The summed E-state index contributed by atoms with van der Waals surface area (Å²) >= 11 is 0. The van der Waals surface area contributed by atoms with Crippen molar-refractivity contribution in [3.05, 3.63) is 29.8 Å². The van der Waals surface area contributed by atoms with Crippen LogP contribution in [-0.4, -0.2) is 62.8 Å². The predicted molar refractivity (Wildman–Crippen MR) is 121 cm³/mol. The Morgan fingerprint density at radius 3 is 2.82 bits per heavy atom. The van der Waals surface area contributed by atoms with Gasteiger partial charge in [-0.2, -0.15) is 17.0 Å². The van der Waals surface area contributed by atoms with Crippen LogP contribution in [0.4, 0.5) is 0 Å². The van der Waals surface area contributed by atoms with Crippen LogP contribution in [0.25, 0.3) is 0 Å². The minimum atomic E-state index is -3.44. The number of para-hydroxylation sites is 1. The molecule has 1 aromatic rings. The van der Waals surface area contributed by atoms with Crippen molar-refractivity contribution in [3.63, 3.8) is 0 Å². The van der Waals surface area contributed by atoms with Gasteiger partial charge in [-0.3, -0.25) is 4.99 Å². The largest absolute Gasteiger partial charge is 0.493 e. The third-order valence-electron chi connectivity index (χ3n) is 5.08. The van der Waals surface area contributed by atoms with Crippen LogP contribution in [0.3, 0.4) is 0 Å². The Hall–Kier alpha value is -1.11. The second-order valence-corrected chi connectivity index (χ2v) is 9.24. The summed E-state index contributed by atoms with van der Waals surface area (Å²) in [4.78, 5) is 4.46. The maximum absolute atomic E-state index is 12.5. The number of piperidine rings is 1. The molecule has 1 aromatic carbocycles. The highest BCUT2D eigenvalue weighted by atomic mass is 127. The molecule has 1 saturated heterocycles. The molecule has 10 heteroatoms. The molecule has 2 atom stereocenters. The lowest BCUT2D eigenvalue weighted by Crippen LogP contribution is -2.50. The molecule has 3 N–H and O–H groups in total. The van der Waals surface area contributed by atoms with Gasteiger partial charge in [0, 0.05) is 38.7 Å². The number of aliphatic imine (C=N–C) groups is 1. The summed E-state index contributed by atoms with van der Waals surface area (Å²) in [5.41, 5.74) is 7.18. The summed E-state index contributed by atoms with van der Waals surface area (Å²) < 4.78 is 33.6. The first-order valence-electron chi connectivity index (χ1n) is 9.37. The van der Waals surface area contributed by atoms with Gasteiger partial charge in [0.1, 0.15) is 5.75 Å². The van der Waals surface area contributed by atoms with E-state index in [1.807, 2.05) is 24.3 Å². The molecule has 2 aliphatic rings. The van der Waals surface area contributed by atoms with Crippen LogP contribution in [0.1, 0.15) is 37.3 Å². The minimum absolute atomic E-state index is 0. The minimum Gasteiger partial charge on any atom is -0.493 e. The summed E-state index contributed by atoms with van der Waals surface area (Å²) in [6, 6.07) is 7.78. The number of halogens is 1. The molecule has 0 saturated carbocycles. The van der Waals surface area contributed by atoms with E-state index in [-0.39, 0.29) is 36.1 Å². The lowest BCUT2D eigenvalue weighted by Gasteiger charge is -2.35. The van der Waals surface area contributed by atoms with Crippen LogP contribution in [0.2, 0.25) is 0 Å². The Kier molecular flexibility index (Phi) is 8.34. The summed E-state index contributed by atoms with van der Waals surface area (Å²) in [6.45, 7) is 1.51. The Balaban J connectivity index is 0.00000280. The van der Waals surface area contributed by atoms with Gasteiger partial charge in [-0.15, -0.1) is 24.0 Å². The van der Waals surface area contributed by atoms with E-state index in [4.69, 9.17) is 10.5 Å². The van der Waals surface area contributed by atoms with Crippen LogP contribution < -0.4 is 15.8 Å². The monoisotopic (exact) mass is 523 g/mol. The Morgan fingerprint density at radius 2 is 2.07 bits per heavy atom. The van der Waals surface area contributed by atoms with Gasteiger partial charge in [-0.25, -0.2) is 0 Å². The van der Waals surface area contributed by atoms with Crippen molar-refractivity contribution in [1.29, 1.82) is 0 Å². The zero-order valence-electron chi connectivity index (χ0n) is 16.4. The van der Waals surface area contributed by atoms with E-state index in [1.54, 1.807) is 18.4 Å². The average molecular weight is 523 g/mol. The maximum Gasteiger partial charge on any atom is 0.281 e. The maximum atomic E-state index is 12.5. The third kappa shape index (κ3) is 5.28. The first-order chi connectivity index (χ1) is 12.9. The molecule has 158 valence electrons. The topological polar surface area (TPSA) is 100 Å². The number of nitrogens with zero attached hydrogens (tertiary/aromatic N) is 3. The van der Waals surface area contributed by atoms with Gasteiger partial charge in [0.2, 0.25) is 0 Å². The Bertz CT molecular complexity index is 787. The van der Waals surface area contributed by atoms with E-state index in [0.717, 1.165) is 37.0 Å². The fourth-order valence-corrected chi connectivity index (χ4v) is 4.92. The van der Waals surface area contributed by atoms with Crippen molar-refractivity contribution in [2.75, 3.05) is 33.8 Å². The predicted octanol–water partition coefficient (Wildman–Crippen LogP) is 1.69. The van der Waals surface area contributed by atoms with Gasteiger partial charge < -0.3 is 15.8 Å². The number of nitrogens with two attached hydrogens (primary N) is 1. The number of ether oxygens (including phenoxy) is 1.